The number of imidazole rings is 1. The number of fused-ring (bicyclic) bond motifs is 1. The smallest absolute Gasteiger partial charge is 0.329 e. The van der Waals surface area contributed by atoms with Gasteiger partial charge in [0.05, 0.1) is 0 Å². The zero-order chi connectivity index (χ0) is 18.8. The van der Waals surface area contributed by atoms with Crippen LogP contribution >= 0.6 is 0 Å². The van der Waals surface area contributed by atoms with Crippen LogP contribution in [0.3, 0.4) is 0 Å². The Balaban J connectivity index is 1.72. The highest BCUT2D eigenvalue weighted by Crippen LogP contribution is 2.23. The zero-order valence-electron chi connectivity index (χ0n) is 15.6. The fourth-order valence-electron chi connectivity index (χ4n) is 3.86. The number of aromatic nitrogens is 4. The van der Waals surface area contributed by atoms with Gasteiger partial charge in [0, 0.05) is 26.7 Å². The molecule has 0 amide bonds. The minimum absolute atomic E-state index is 0.358. The van der Waals surface area contributed by atoms with E-state index in [0.29, 0.717) is 17.7 Å². The normalized spacial score (nSPS) is 14.8. The van der Waals surface area contributed by atoms with Crippen molar-refractivity contribution in [2.45, 2.75) is 38.6 Å². The van der Waals surface area contributed by atoms with E-state index in [2.05, 4.69) is 22.0 Å². The van der Waals surface area contributed by atoms with Crippen LogP contribution in [0.4, 0.5) is 5.95 Å². The van der Waals surface area contributed by atoms with Gasteiger partial charge in [-0.05, 0) is 37.7 Å². The van der Waals surface area contributed by atoms with E-state index in [1.165, 1.54) is 16.6 Å². The lowest BCUT2D eigenvalue weighted by molar-refractivity contribution is 0.550. The highest BCUT2D eigenvalue weighted by Gasteiger charge is 2.22. The van der Waals surface area contributed by atoms with E-state index in [9.17, 15) is 9.59 Å². The largest absolute Gasteiger partial charge is 0.342 e. The minimum atomic E-state index is -0.424. The first kappa shape index (κ1) is 17.6. The minimum Gasteiger partial charge on any atom is -0.342 e. The van der Waals surface area contributed by atoms with E-state index < -0.39 is 5.69 Å². The number of rotatable bonds is 5. The molecule has 4 rings (SSSR count). The Hall–Kier alpha value is -2.83. The third-order valence-electron chi connectivity index (χ3n) is 5.32. The summed E-state index contributed by atoms with van der Waals surface area (Å²) >= 11 is 0. The van der Waals surface area contributed by atoms with Crippen LogP contribution in [-0.4, -0.2) is 32.2 Å². The molecule has 0 spiro atoms. The van der Waals surface area contributed by atoms with Crippen LogP contribution in [0.25, 0.3) is 11.2 Å². The second-order valence-corrected chi connectivity index (χ2v) is 7.19. The summed E-state index contributed by atoms with van der Waals surface area (Å²) in [5, 5.41) is 0. The van der Waals surface area contributed by atoms with Gasteiger partial charge in [-0.15, -0.1) is 0 Å². The maximum atomic E-state index is 12.6. The molecule has 3 aromatic rings. The molecule has 142 valence electrons. The molecule has 2 aromatic heterocycles. The molecule has 0 aliphatic carbocycles. The molecule has 0 bridgehead atoms. The molecular weight excluding hydrogens is 342 g/mol. The maximum absolute atomic E-state index is 12.6. The molecule has 0 atom stereocenters. The topological polar surface area (TPSA) is 75.9 Å². The molecule has 1 aromatic carbocycles. The third kappa shape index (κ3) is 3.41. The van der Waals surface area contributed by atoms with Gasteiger partial charge in [-0.1, -0.05) is 30.3 Å². The lowest BCUT2D eigenvalue weighted by Crippen LogP contribution is -2.32. The average molecular weight is 367 g/mol. The van der Waals surface area contributed by atoms with Crippen molar-refractivity contribution in [1.82, 2.24) is 19.1 Å². The van der Waals surface area contributed by atoms with E-state index in [-0.39, 0.29) is 5.56 Å². The van der Waals surface area contributed by atoms with Crippen LogP contribution in [0, 0.1) is 0 Å². The second kappa shape index (κ2) is 7.42. The van der Waals surface area contributed by atoms with Crippen molar-refractivity contribution in [3.05, 3.63) is 56.7 Å². The average Bonchev–Trinajstić information content (AvgIpc) is 3.08. The van der Waals surface area contributed by atoms with Crippen LogP contribution in [-0.2, 0) is 20.0 Å². The van der Waals surface area contributed by atoms with Gasteiger partial charge in [-0.25, -0.2) is 4.79 Å². The summed E-state index contributed by atoms with van der Waals surface area (Å²) in [7, 11) is 1.65. The Labute approximate surface area is 157 Å². The van der Waals surface area contributed by atoms with Gasteiger partial charge in [0.25, 0.3) is 5.56 Å². The Bertz CT molecular complexity index is 1040. The molecule has 1 fully saturated rings. The number of aryl methyl sites for hydroxylation is 3. The Morgan fingerprint density at radius 2 is 1.81 bits per heavy atom. The summed E-state index contributed by atoms with van der Waals surface area (Å²) in [4.78, 5) is 33.9. The van der Waals surface area contributed by atoms with Gasteiger partial charge in [0.15, 0.2) is 11.2 Å². The quantitative estimate of drug-likeness (QED) is 0.749. The van der Waals surface area contributed by atoms with E-state index in [0.717, 1.165) is 44.7 Å². The number of piperidine rings is 1. The summed E-state index contributed by atoms with van der Waals surface area (Å²) in [5.74, 6) is 0.810. The summed E-state index contributed by atoms with van der Waals surface area (Å²) in [5.41, 5.74) is 1.45. The number of anilines is 1. The van der Waals surface area contributed by atoms with Crippen molar-refractivity contribution < 1.29 is 0 Å². The molecule has 7 heteroatoms. The highest BCUT2D eigenvalue weighted by atomic mass is 16.2. The van der Waals surface area contributed by atoms with Crippen LogP contribution in [0.15, 0.2) is 39.9 Å². The molecule has 0 saturated carbocycles. The van der Waals surface area contributed by atoms with Crippen LogP contribution < -0.4 is 16.1 Å². The van der Waals surface area contributed by atoms with Gasteiger partial charge < -0.3 is 9.47 Å². The summed E-state index contributed by atoms with van der Waals surface area (Å²) in [6.45, 7) is 2.57. The first-order chi connectivity index (χ1) is 13.1. The Kier molecular flexibility index (Phi) is 4.83. The SMILES string of the molecule is Cn1c(=O)[nH]c(=O)c2c1nc(N1CCCCC1)n2CCCc1ccccc1. The number of aromatic amines is 1. The number of benzene rings is 1. The fraction of sp³-hybridized carbons (Fsp3) is 0.450. The molecule has 0 unspecified atom stereocenters. The number of nitrogens with one attached hydrogen (secondary N) is 1. The van der Waals surface area contributed by atoms with Gasteiger partial charge in [-0.2, -0.15) is 4.98 Å². The van der Waals surface area contributed by atoms with Crippen molar-refractivity contribution in [1.29, 1.82) is 0 Å². The van der Waals surface area contributed by atoms with Crippen LogP contribution in [0.2, 0.25) is 0 Å². The molecule has 0 radical (unpaired) electrons. The van der Waals surface area contributed by atoms with E-state index >= 15 is 0 Å². The molecule has 1 N–H and O–H groups in total. The standard InChI is InChI=1S/C20H25N5O2/c1-23-17-16(18(26)22-20(23)27)25(14-8-11-15-9-4-2-5-10-15)19(21-17)24-12-6-3-7-13-24/h2,4-5,9-10H,3,6-8,11-14H2,1H3,(H,22,26,27). The fourth-order valence-corrected chi connectivity index (χ4v) is 3.86. The second-order valence-electron chi connectivity index (χ2n) is 7.19. The lowest BCUT2D eigenvalue weighted by Gasteiger charge is -2.28. The Morgan fingerprint density at radius 3 is 2.56 bits per heavy atom. The van der Waals surface area contributed by atoms with Crippen molar-refractivity contribution in [2.24, 2.45) is 7.05 Å². The summed E-state index contributed by atoms with van der Waals surface area (Å²) in [6.07, 6.45) is 5.32. The van der Waals surface area contributed by atoms with E-state index in [1.807, 2.05) is 22.8 Å². The number of H-pyrrole nitrogens is 1. The van der Waals surface area contributed by atoms with Gasteiger partial charge in [-0.3, -0.25) is 14.3 Å². The molecular formula is C20H25N5O2. The van der Waals surface area contributed by atoms with Crippen LogP contribution in [0.1, 0.15) is 31.2 Å². The van der Waals surface area contributed by atoms with Gasteiger partial charge in [0.2, 0.25) is 5.95 Å². The first-order valence-corrected chi connectivity index (χ1v) is 9.63. The maximum Gasteiger partial charge on any atom is 0.329 e. The summed E-state index contributed by atoms with van der Waals surface area (Å²) < 4.78 is 3.43. The monoisotopic (exact) mass is 367 g/mol. The Morgan fingerprint density at radius 1 is 1.07 bits per heavy atom. The van der Waals surface area contributed by atoms with E-state index in [4.69, 9.17) is 4.98 Å². The molecule has 7 nitrogen and oxygen atoms in total. The third-order valence-corrected chi connectivity index (χ3v) is 5.32. The number of hydrogen-bond acceptors (Lipinski definition) is 4. The summed E-state index contributed by atoms with van der Waals surface area (Å²) in [6, 6.07) is 10.3. The van der Waals surface area contributed by atoms with Gasteiger partial charge >= 0.3 is 5.69 Å². The van der Waals surface area contributed by atoms with Gasteiger partial charge in [0.1, 0.15) is 0 Å². The molecule has 1 aliphatic rings. The number of nitrogens with zero attached hydrogens (tertiary/aromatic N) is 4. The lowest BCUT2D eigenvalue weighted by atomic mass is 10.1. The highest BCUT2D eigenvalue weighted by molar-refractivity contribution is 5.74. The molecule has 3 heterocycles. The zero-order valence-corrected chi connectivity index (χ0v) is 15.6. The van der Waals surface area contributed by atoms with E-state index in [1.54, 1.807) is 7.05 Å². The number of hydrogen-bond donors (Lipinski definition) is 1. The molecule has 1 saturated heterocycles. The van der Waals surface area contributed by atoms with Crippen LogP contribution in [0.5, 0.6) is 0 Å². The van der Waals surface area contributed by atoms with Crippen molar-refractivity contribution >= 4 is 17.1 Å². The molecule has 1 aliphatic heterocycles. The van der Waals surface area contributed by atoms with Crippen molar-refractivity contribution in [3.8, 4) is 0 Å². The predicted octanol–water partition coefficient (Wildman–Crippen LogP) is 2.05. The van der Waals surface area contributed by atoms with Crippen molar-refractivity contribution in [2.75, 3.05) is 18.0 Å². The van der Waals surface area contributed by atoms with Crippen molar-refractivity contribution in [3.63, 3.8) is 0 Å². The molecule has 27 heavy (non-hydrogen) atoms. The first-order valence-electron chi connectivity index (χ1n) is 9.63. The predicted molar refractivity (Wildman–Crippen MR) is 106 cm³/mol.